The van der Waals surface area contributed by atoms with E-state index in [1.54, 1.807) is 37.7 Å². The Balaban J connectivity index is 1.49. The number of aromatic nitrogens is 3. The summed E-state index contributed by atoms with van der Waals surface area (Å²) in [7, 11) is 3.19. The van der Waals surface area contributed by atoms with Crippen LogP contribution in [0.3, 0.4) is 0 Å². The number of carbonyl (C=O) groups excluding carboxylic acids is 1. The molecule has 0 saturated carbocycles. The first-order chi connectivity index (χ1) is 15.5. The van der Waals surface area contributed by atoms with Gasteiger partial charge in [0.1, 0.15) is 22.2 Å². The molecular formula is C24H24N4O3S. The second kappa shape index (κ2) is 9.23. The summed E-state index contributed by atoms with van der Waals surface area (Å²) in [4.78, 5) is 18.4. The average Bonchev–Trinajstić information content (AvgIpc) is 3.44. The molecule has 164 valence electrons. The molecule has 0 aliphatic carbocycles. The summed E-state index contributed by atoms with van der Waals surface area (Å²) in [5.74, 6) is 1.09. The fraction of sp³-hybridized carbons (Fsp3) is 0.208. The molecule has 0 atom stereocenters. The minimum Gasteiger partial charge on any atom is -0.497 e. The van der Waals surface area contributed by atoms with Crippen LogP contribution in [0.25, 0.3) is 21.8 Å². The van der Waals surface area contributed by atoms with E-state index in [2.05, 4.69) is 34.6 Å². The highest BCUT2D eigenvalue weighted by Gasteiger charge is 2.16. The Morgan fingerprint density at radius 2 is 1.88 bits per heavy atom. The van der Waals surface area contributed by atoms with Crippen molar-refractivity contribution in [3.63, 3.8) is 0 Å². The van der Waals surface area contributed by atoms with Crippen LogP contribution >= 0.6 is 11.3 Å². The van der Waals surface area contributed by atoms with Gasteiger partial charge in [-0.3, -0.25) is 9.89 Å². The molecule has 2 aromatic heterocycles. The molecule has 2 heterocycles. The number of hydrogen-bond acceptors (Lipinski definition) is 6. The van der Waals surface area contributed by atoms with Crippen molar-refractivity contribution >= 4 is 17.2 Å². The Labute approximate surface area is 190 Å². The number of methoxy groups -OCH3 is 2. The maximum atomic E-state index is 12.7. The maximum absolute atomic E-state index is 12.7. The summed E-state index contributed by atoms with van der Waals surface area (Å²) < 4.78 is 10.7. The zero-order valence-corrected chi connectivity index (χ0v) is 19.2. The maximum Gasteiger partial charge on any atom is 0.269 e. The third-order valence-corrected chi connectivity index (χ3v) is 6.37. The van der Waals surface area contributed by atoms with Crippen LogP contribution in [-0.4, -0.2) is 35.3 Å². The number of benzene rings is 2. The van der Waals surface area contributed by atoms with Crippen LogP contribution in [0.1, 0.15) is 26.6 Å². The monoisotopic (exact) mass is 448 g/mol. The number of rotatable bonds is 7. The SMILES string of the molecule is COc1ccc(OC)c(-c2cc(C(=O)NCc3sc(-c4ccccc4C)nc3C)[nH]n2)c1. The first-order valence-electron chi connectivity index (χ1n) is 10.1. The number of carbonyl (C=O) groups is 1. The lowest BCUT2D eigenvalue weighted by Crippen LogP contribution is -2.23. The largest absolute Gasteiger partial charge is 0.497 e. The predicted molar refractivity (Wildman–Crippen MR) is 125 cm³/mol. The van der Waals surface area contributed by atoms with E-state index < -0.39 is 0 Å². The van der Waals surface area contributed by atoms with Gasteiger partial charge >= 0.3 is 0 Å². The van der Waals surface area contributed by atoms with Gasteiger partial charge in [0.05, 0.1) is 32.2 Å². The molecule has 4 aromatic rings. The molecule has 0 aliphatic heterocycles. The van der Waals surface area contributed by atoms with Crippen molar-refractivity contribution in [2.45, 2.75) is 20.4 Å². The van der Waals surface area contributed by atoms with E-state index >= 15 is 0 Å². The van der Waals surface area contributed by atoms with Crippen molar-refractivity contribution in [3.05, 3.63) is 70.4 Å². The van der Waals surface area contributed by atoms with Gasteiger partial charge in [0.25, 0.3) is 5.91 Å². The van der Waals surface area contributed by atoms with E-state index in [-0.39, 0.29) is 5.91 Å². The van der Waals surface area contributed by atoms with Crippen molar-refractivity contribution in [2.75, 3.05) is 14.2 Å². The van der Waals surface area contributed by atoms with Crippen LogP contribution in [0.2, 0.25) is 0 Å². The number of thiazole rings is 1. The number of aryl methyl sites for hydroxylation is 2. The zero-order valence-electron chi connectivity index (χ0n) is 18.4. The van der Waals surface area contributed by atoms with Gasteiger partial charge in [0, 0.05) is 16.0 Å². The van der Waals surface area contributed by atoms with E-state index in [0.717, 1.165) is 26.7 Å². The van der Waals surface area contributed by atoms with Crippen LogP contribution in [-0.2, 0) is 6.54 Å². The highest BCUT2D eigenvalue weighted by molar-refractivity contribution is 7.15. The molecule has 2 aromatic carbocycles. The Morgan fingerprint density at radius 3 is 2.62 bits per heavy atom. The topological polar surface area (TPSA) is 89.1 Å². The molecule has 0 saturated heterocycles. The Kier molecular flexibility index (Phi) is 6.23. The fourth-order valence-electron chi connectivity index (χ4n) is 3.37. The minimum atomic E-state index is -0.240. The third-order valence-electron chi connectivity index (χ3n) is 5.18. The molecular weight excluding hydrogens is 424 g/mol. The third kappa shape index (κ3) is 4.36. The van der Waals surface area contributed by atoms with E-state index in [0.29, 0.717) is 29.4 Å². The number of aromatic amines is 1. The van der Waals surface area contributed by atoms with E-state index in [9.17, 15) is 4.79 Å². The number of H-pyrrole nitrogens is 1. The van der Waals surface area contributed by atoms with Gasteiger partial charge in [-0.2, -0.15) is 5.10 Å². The van der Waals surface area contributed by atoms with Gasteiger partial charge in [-0.15, -0.1) is 11.3 Å². The smallest absolute Gasteiger partial charge is 0.269 e. The summed E-state index contributed by atoms with van der Waals surface area (Å²) in [6.45, 7) is 4.43. The quantitative estimate of drug-likeness (QED) is 0.425. The van der Waals surface area contributed by atoms with Gasteiger partial charge in [0.15, 0.2) is 0 Å². The average molecular weight is 449 g/mol. The highest BCUT2D eigenvalue weighted by Crippen LogP contribution is 2.33. The van der Waals surface area contributed by atoms with Gasteiger partial charge in [-0.1, -0.05) is 24.3 Å². The van der Waals surface area contributed by atoms with E-state index in [1.807, 2.05) is 31.2 Å². The zero-order chi connectivity index (χ0) is 22.7. The van der Waals surface area contributed by atoms with Crippen molar-refractivity contribution in [1.82, 2.24) is 20.5 Å². The van der Waals surface area contributed by atoms with E-state index in [1.165, 1.54) is 5.56 Å². The number of ether oxygens (including phenoxy) is 2. The van der Waals surface area contributed by atoms with Crippen LogP contribution < -0.4 is 14.8 Å². The van der Waals surface area contributed by atoms with Crippen molar-refractivity contribution < 1.29 is 14.3 Å². The van der Waals surface area contributed by atoms with E-state index in [4.69, 9.17) is 14.5 Å². The summed E-state index contributed by atoms with van der Waals surface area (Å²) in [5.41, 5.74) is 4.91. The van der Waals surface area contributed by atoms with Crippen LogP contribution in [0.15, 0.2) is 48.5 Å². The molecule has 0 spiro atoms. The molecule has 0 radical (unpaired) electrons. The lowest BCUT2D eigenvalue weighted by atomic mass is 10.1. The molecule has 8 heteroatoms. The second-order valence-electron chi connectivity index (χ2n) is 7.26. The molecule has 4 rings (SSSR count). The van der Waals surface area contributed by atoms with Crippen molar-refractivity contribution in [1.29, 1.82) is 0 Å². The van der Waals surface area contributed by atoms with Crippen LogP contribution in [0, 0.1) is 13.8 Å². The molecule has 0 aliphatic rings. The minimum absolute atomic E-state index is 0.240. The highest BCUT2D eigenvalue weighted by atomic mass is 32.1. The lowest BCUT2D eigenvalue weighted by molar-refractivity contribution is 0.0946. The molecule has 0 fully saturated rings. The fourth-order valence-corrected chi connectivity index (χ4v) is 4.46. The molecule has 7 nitrogen and oxygen atoms in total. The number of nitrogens with zero attached hydrogens (tertiary/aromatic N) is 2. The number of nitrogens with one attached hydrogen (secondary N) is 2. The summed E-state index contributed by atoms with van der Waals surface area (Å²) in [5, 5.41) is 11.0. The Hall–Kier alpha value is -3.65. The molecule has 32 heavy (non-hydrogen) atoms. The van der Waals surface area contributed by atoms with Crippen LogP contribution in [0.5, 0.6) is 11.5 Å². The second-order valence-corrected chi connectivity index (χ2v) is 8.34. The molecule has 0 unspecified atom stereocenters. The number of hydrogen-bond donors (Lipinski definition) is 2. The Bertz CT molecular complexity index is 1260. The Morgan fingerprint density at radius 1 is 1.06 bits per heavy atom. The number of amides is 1. The van der Waals surface area contributed by atoms with Gasteiger partial charge in [0.2, 0.25) is 0 Å². The van der Waals surface area contributed by atoms with Crippen molar-refractivity contribution in [2.24, 2.45) is 0 Å². The molecule has 1 amide bonds. The molecule has 2 N–H and O–H groups in total. The first-order valence-corrected chi connectivity index (χ1v) is 10.9. The molecule has 0 bridgehead atoms. The lowest BCUT2D eigenvalue weighted by Gasteiger charge is -2.08. The summed E-state index contributed by atoms with van der Waals surface area (Å²) in [6.07, 6.45) is 0. The van der Waals surface area contributed by atoms with Crippen molar-refractivity contribution in [3.8, 4) is 33.3 Å². The predicted octanol–water partition coefficient (Wildman–Crippen LogP) is 4.76. The standard InChI is InChI=1S/C24H24N4O3S/c1-14-7-5-6-8-17(14)24-26-15(2)22(32-24)13-25-23(29)20-12-19(27-28-20)18-11-16(30-3)9-10-21(18)31-4/h5-12H,13H2,1-4H3,(H,25,29)(H,27,28). The summed E-state index contributed by atoms with van der Waals surface area (Å²) >= 11 is 1.59. The summed E-state index contributed by atoms with van der Waals surface area (Å²) in [6, 6.07) is 15.3. The van der Waals surface area contributed by atoms with Gasteiger partial charge < -0.3 is 14.8 Å². The first kappa shape index (κ1) is 21.6. The van der Waals surface area contributed by atoms with Crippen LogP contribution in [0.4, 0.5) is 0 Å². The normalized spacial score (nSPS) is 10.8. The van der Waals surface area contributed by atoms with Gasteiger partial charge in [-0.25, -0.2) is 4.98 Å². The van der Waals surface area contributed by atoms with Gasteiger partial charge in [-0.05, 0) is 43.7 Å².